The summed E-state index contributed by atoms with van der Waals surface area (Å²) in [6, 6.07) is 0. The predicted octanol–water partition coefficient (Wildman–Crippen LogP) is 7.11. The van der Waals surface area contributed by atoms with Gasteiger partial charge in [-0.05, 0) is 33.1 Å². The summed E-state index contributed by atoms with van der Waals surface area (Å²) in [5, 5.41) is 0. The Morgan fingerprint density at radius 3 is 1.63 bits per heavy atom. The van der Waals surface area contributed by atoms with E-state index in [9.17, 15) is 4.79 Å². The third kappa shape index (κ3) is 12.5. The van der Waals surface area contributed by atoms with Gasteiger partial charge in [-0.2, -0.15) is 0 Å². The summed E-state index contributed by atoms with van der Waals surface area (Å²) in [5.74, 6) is -0.371. The highest BCUT2D eigenvalue weighted by atomic mass is 35.5. The predicted molar refractivity (Wildman–Crippen MR) is 121 cm³/mol. The molecule has 2 N–H and O–H groups in total. The highest BCUT2D eigenvalue weighted by molar-refractivity contribution is 5.85. The van der Waals surface area contributed by atoms with Crippen molar-refractivity contribution in [2.24, 2.45) is 5.73 Å². The number of hydrogen-bond donors (Lipinski definition) is 1. The van der Waals surface area contributed by atoms with Gasteiger partial charge in [0.1, 0.15) is 5.60 Å². The lowest BCUT2D eigenvalue weighted by atomic mass is 9.77. The number of rotatable bonds is 17. The first kappa shape index (κ1) is 28.7. The Hall–Kier alpha value is -0.540. The number of nitrogens with two attached hydrogens (primary N) is 1. The molecule has 0 saturated heterocycles. The molecule has 0 aliphatic carbocycles. The van der Waals surface area contributed by atoms with Crippen LogP contribution in [0.5, 0.6) is 0 Å². The molecule has 0 aromatic rings. The minimum Gasteiger partial charge on any atom is -0.454 e. The summed E-state index contributed by atoms with van der Waals surface area (Å²) < 4.78 is 5.72. The Kier molecular flexibility index (Phi) is 17.4. The van der Waals surface area contributed by atoms with Crippen LogP contribution in [0, 0.1) is 0 Å². The molecule has 0 aromatic heterocycles. The van der Waals surface area contributed by atoms with E-state index >= 15 is 0 Å². The van der Waals surface area contributed by atoms with Crippen LogP contribution in [0.3, 0.4) is 0 Å². The minimum atomic E-state index is -0.600. The standard InChI is InChI=1S/C23H45NO2.ClH/c1-6-9-10-11-12-13-14-15-16-17-18-19-20-23(8-3,22(4,5)24)26-21(25)7-2;/h7H,2,6,8-20,24H2,1,3-5H3;1H. The summed E-state index contributed by atoms with van der Waals surface area (Å²) in [6.45, 7) is 11.7. The van der Waals surface area contributed by atoms with Gasteiger partial charge < -0.3 is 10.5 Å². The van der Waals surface area contributed by atoms with Crippen molar-refractivity contribution in [1.82, 2.24) is 0 Å². The van der Waals surface area contributed by atoms with Gasteiger partial charge in [0, 0.05) is 6.08 Å². The second-order valence-corrected chi connectivity index (χ2v) is 8.33. The van der Waals surface area contributed by atoms with Gasteiger partial charge in [0.15, 0.2) is 0 Å². The quantitative estimate of drug-likeness (QED) is 0.160. The van der Waals surface area contributed by atoms with Crippen molar-refractivity contribution in [2.75, 3.05) is 0 Å². The lowest BCUT2D eigenvalue weighted by molar-refractivity contribution is -0.162. The van der Waals surface area contributed by atoms with E-state index in [4.69, 9.17) is 10.5 Å². The number of ether oxygens (including phenoxy) is 1. The zero-order valence-electron chi connectivity index (χ0n) is 18.5. The summed E-state index contributed by atoms with van der Waals surface area (Å²) in [7, 11) is 0. The van der Waals surface area contributed by atoms with E-state index in [2.05, 4.69) is 13.5 Å². The summed E-state index contributed by atoms with van der Waals surface area (Å²) >= 11 is 0. The molecule has 0 heterocycles. The van der Waals surface area contributed by atoms with Crippen LogP contribution < -0.4 is 5.73 Å². The molecular weight excluding hydrogens is 358 g/mol. The maximum atomic E-state index is 11.8. The van der Waals surface area contributed by atoms with Crippen molar-refractivity contribution < 1.29 is 9.53 Å². The van der Waals surface area contributed by atoms with E-state index in [-0.39, 0.29) is 18.4 Å². The van der Waals surface area contributed by atoms with Crippen LogP contribution in [0.4, 0.5) is 0 Å². The molecule has 4 heteroatoms. The molecule has 1 atom stereocenters. The number of halogens is 1. The molecule has 0 bridgehead atoms. The smallest absolute Gasteiger partial charge is 0.330 e. The number of carbonyl (C=O) groups excluding carboxylic acids is 1. The van der Waals surface area contributed by atoms with E-state index in [0.717, 1.165) is 19.3 Å². The second kappa shape index (κ2) is 16.4. The first-order valence-corrected chi connectivity index (χ1v) is 11.0. The topological polar surface area (TPSA) is 52.3 Å². The fraction of sp³-hybridized carbons (Fsp3) is 0.870. The highest BCUT2D eigenvalue weighted by Gasteiger charge is 2.43. The first-order valence-electron chi connectivity index (χ1n) is 11.0. The molecule has 0 fully saturated rings. The largest absolute Gasteiger partial charge is 0.454 e. The van der Waals surface area contributed by atoms with Crippen LogP contribution in [0.15, 0.2) is 12.7 Å². The zero-order valence-corrected chi connectivity index (χ0v) is 19.3. The minimum absolute atomic E-state index is 0. The molecule has 3 nitrogen and oxygen atoms in total. The van der Waals surface area contributed by atoms with E-state index < -0.39 is 11.1 Å². The van der Waals surface area contributed by atoms with Crippen molar-refractivity contribution >= 4 is 18.4 Å². The van der Waals surface area contributed by atoms with Crippen molar-refractivity contribution in [1.29, 1.82) is 0 Å². The normalized spacial score (nSPS) is 13.5. The molecule has 0 aliphatic heterocycles. The molecular formula is C23H46ClNO2. The molecule has 0 saturated carbocycles. The number of carbonyl (C=O) groups is 1. The SMILES string of the molecule is C=CC(=O)OC(CC)(CCCCCCCCCCCCCC)C(C)(C)N.Cl. The van der Waals surface area contributed by atoms with Crippen molar-refractivity contribution in [3.05, 3.63) is 12.7 Å². The number of esters is 1. The fourth-order valence-corrected chi connectivity index (χ4v) is 3.70. The van der Waals surface area contributed by atoms with E-state index in [1.165, 1.54) is 76.7 Å². The summed E-state index contributed by atoms with van der Waals surface area (Å²) in [5.41, 5.74) is 5.20. The van der Waals surface area contributed by atoms with Crippen molar-refractivity contribution in [3.8, 4) is 0 Å². The Labute approximate surface area is 175 Å². The van der Waals surface area contributed by atoms with Crippen molar-refractivity contribution in [3.63, 3.8) is 0 Å². The third-order valence-electron chi connectivity index (χ3n) is 5.64. The van der Waals surface area contributed by atoms with E-state index in [1.807, 2.05) is 20.8 Å². The molecule has 0 rings (SSSR count). The molecule has 27 heavy (non-hydrogen) atoms. The van der Waals surface area contributed by atoms with Crippen LogP contribution in [0.2, 0.25) is 0 Å². The average Bonchev–Trinajstić information content (AvgIpc) is 2.60. The summed E-state index contributed by atoms with van der Waals surface area (Å²) in [6.07, 6.45) is 18.6. The monoisotopic (exact) mass is 403 g/mol. The number of unbranched alkanes of at least 4 members (excludes halogenated alkanes) is 11. The van der Waals surface area contributed by atoms with Crippen LogP contribution >= 0.6 is 12.4 Å². The maximum absolute atomic E-state index is 11.8. The van der Waals surface area contributed by atoms with Gasteiger partial charge in [-0.1, -0.05) is 91.1 Å². The van der Waals surface area contributed by atoms with Gasteiger partial charge in [-0.15, -0.1) is 12.4 Å². The fourth-order valence-electron chi connectivity index (χ4n) is 3.70. The molecule has 1 unspecified atom stereocenters. The van der Waals surface area contributed by atoms with E-state index in [0.29, 0.717) is 0 Å². The van der Waals surface area contributed by atoms with Gasteiger partial charge in [0.2, 0.25) is 0 Å². The lowest BCUT2D eigenvalue weighted by Gasteiger charge is -2.43. The maximum Gasteiger partial charge on any atom is 0.330 e. The molecule has 0 radical (unpaired) electrons. The Morgan fingerprint density at radius 2 is 1.30 bits per heavy atom. The van der Waals surface area contributed by atoms with Gasteiger partial charge in [0.05, 0.1) is 5.54 Å². The average molecular weight is 404 g/mol. The third-order valence-corrected chi connectivity index (χ3v) is 5.64. The van der Waals surface area contributed by atoms with Crippen LogP contribution in [-0.2, 0) is 9.53 Å². The van der Waals surface area contributed by atoms with Gasteiger partial charge >= 0.3 is 5.97 Å². The van der Waals surface area contributed by atoms with Gasteiger partial charge in [0.25, 0.3) is 0 Å². The van der Waals surface area contributed by atoms with Crippen LogP contribution in [0.25, 0.3) is 0 Å². The molecule has 0 aromatic carbocycles. The molecule has 162 valence electrons. The Morgan fingerprint density at radius 1 is 0.889 bits per heavy atom. The Bertz CT molecular complexity index is 379. The summed E-state index contributed by atoms with van der Waals surface area (Å²) in [4.78, 5) is 11.8. The lowest BCUT2D eigenvalue weighted by Crippen LogP contribution is -2.58. The Balaban J connectivity index is 0. The highest BCUT2D eigenvalue weighted by Crippen LogP contribution is 2.34. The zero-order chi connectivity index (χ0) is 19.9. The van der Waals surface area contributed by atoms with E-state index in [1.54, 1.807) is 0 Å². The van der Waals surface area contributed by atoms with Crippen LogP contribution in [0.1, 0.15) is 118 Å². The van der Waals surface area contributed by atoms with Gasteiger partial charge in [-0.3, -0.25) is 0 Å². The van der Waals surface area contributed by atoms with Crippen LogP contribution in [-0.4, -0.2) is 17.1 Å². The molecule has 0 spiro atoms. The first-order chi connectivity index (χ1) is 12.3. The van der Waals surface area contributed by atoms with Gasteiger partial charge in [-0.25, -0.2) is 4.79 Å². The molecule has 0 aliphatic rings. The second-order valence-electron chi connectivity index (χ2n) is 8.33. The molecule has 0 amide bonds. The number of hydrogen-bond acceptors (Lipinski definition) is 3. The van der Waals surface area contributed by atoms with Crippen molar-refractivity contribution in [2.45, 2.75) is 129 Å².